The number of ether oxygens (including phenoxy) is 1. The predicted molar refractivity (Wildman–Crippen MR) is 140 cm³/mol. The Bertz CT molecular complexity index is 472. The first-order chi connectivity index (χ1) is 16.1. The Hall–Kier alpha value is -1.32. The molecule has 0 aliphatic heterocycles. The van der Waals surface area contributed by atoms with Crippen molar-refractivity contribution in [2.75, 3.05) is 0 Å². The number of carbonyl (C=O) groups excluding carboxylic acids is 1. The molecule has 0 radical (unpaired) electrons. The summed E-state index contributed by atoms with van der Waals surface area (Å²) < 4.78 is 5.77. The van der Waals surface area contributed by atoms with Crippen LogP contribution in [0.5, 0.6) is 0 Å². The molecule has 0 aromatic rings. The van der Waals surface area contributed by atoms with Crippen LogP contribution in [0.3, 0.4) is 0 Å². The number of hydrogen-bond donors (Lipinski definition) is 1. The molecule has 0 saturated carbocycles. The van der Waals surface area contributed by atoms with E-state index in [1.165, 1.54) is 70.6 Å². The summed E-state index contributed by atoms with van der Waals surface area (Å²) in [4.78, 5) is 22.7. The van der Waals surface area contributed by atoms with E-state index in [4.69, 9.17) is 9.84 Å². The second-order valence-corrected chi connectivity index (χ2v) is 9.58. The Morgan fingerprint density at radius 1 is 0.636 bits per heavy atom. The topological polar surface area (TPSA) is 63.6 Å². The third-order valence-electron chi connectivity index (χ3n) is 6.22. The van der Waals surface area contributed by atoms with Crippen LogP contribution in [0.1, 0.15) is 155 Å². The fraction of sp³-hybridized carbons (Fsp3) is 0.862. The van der Waals surface area contributed by atoms with E-state index in [2.05, 4.69) is 26.0 Å². The molecule has 0 aliphatic rings. The van der Waals surface area contributed by atoms with Crippen LogP contribution in [0, 0.1) is 0 Å². The average Bonchev–Trinajstić information content (AvgIpc) is 2.78. The van der Waals surface area contributed by atoms with Gasteiger partial charge in [0.2, 0.25) is 0 Å². The van der Waals surface area contributed by atoms with Crippen LogP contribution >= 0.6 is 0 Å². The molecule has 0 rings (SSSR count). The Kier molecular flexibility index (Phi) is 24.3. The minimum absolute atomic E-state index is 0.0101. The minimum Gasteiger partial charge on any atom is -0.481 e. The molecule has 0 saturated heterocycles. The van der Waals surface area contributed by atoms with Crippen molar-refractivity contribution in [2.45, 2.75) is 161 Å². The van der Waals surface area contributed by atoms with E-state index in [1.54, 1.807) is 0 Å². The molecule has 0 amide bonds. The summed E-state index contributed by atoms with van der Waals surface area (Å²) in [6.45, 7) is 4.39. The van der Waals surface area contributed by atoms with Crippen LogP contribution < -0.4 is 0 Å². The van der Waals surface area contributed by atoms with Crippen molar-refractivity contribution < 1.29 is 19.4 Å². The van der Waals surface area contributed by atoms with Gasteiger partial charge in [-0.2, -0.15) is 0 Å². The van der Waals surface area contributed by atoms with Crippen LogP contribution in [0.4, 0.5) is 0 Å². The maximum Gasteiger partial charge on any atom is 0.306 e. The standard InChI is InChI=1S/C29H54O4/c1-3-5-6-7-8-9-10-11-12-16-19-22-26-29(32)33-27(23-4-2)24-20-17-14-13-15-18-21-25-28(30)31/h7-8,27H,3-6,9-26H2,1-2H3,(H,30,31)/b8-7-. The summed E-state index contributed by atoms with van der Waals surface area (Å²) in [6, 6.07) is 0. The molecule has 1 N–H and O–H groups in total. The fourth-order valence-corrected chi connectivity index (χ4v) is 4.16. The van der Waals surface area contributed by atoms with Gasteiger partial charge >= 0.3 is 11.9 Å². The monoisotopic (exact) mass is 466 g/mol. The molecule has 4 heteroatoms. The maximum atomic E-state index is 12.2. The Balaban J connectivity index is 3.62. The van der Waals surface area contributed by atoms with Crippen molar-refractivity contribution in [3.8, 4) is 0 Å². The number of allylic oxidation sites excluding steroid dienone is 2. The van der Waals surface area contributed by atoms with Gasteiger partial charge in [0.05, 0.1) is 0 Å². The molecule has 0 bridgehead atoms. The Morgan fingerprint density at radius 3 is 1.73 bits per heavy atom. The summed E-state index contributed by atoms with van der Waals surface area (Å²) in [5.74, 6) is -0.702. The number of esters is 1. The summed E-state index contributed by atoms with van der Waals surface area (Å²) in [7, 11) is 0. The molecule has 0 aromatic carbocycles. The van der Waals surface area contributed by atoms with Crippen molar-refractivity contribution in [1.29, 1.82) is 0 Å². The number of aliphatic carboxylic acids is 1. The summed E-state index contributed by atoms with van der Waals surface area (Å²) in [5, 5.41) is 8.64. The van der Waals surface area contributed by atoms with Crippen molar-refractivity contribution >= 4 is 11.9 Å². The summed E-state index contributed by atoms with van der Waals surface area (Å²) in [5.41, 5.74) is 0. The Morgan fingerprint density at radius 2 is 1.15 bits per heavy atom. The van der Waals surface area contributed by atoms with Gasteiger partial charge < -0.3 is 9.84 Å². The first kappa shape index (κ1) is 31.7. The zero-order chi connectivity index (χ0) is 24.4. The average molecular weight is 467 g/mol. The van der Waals surface area contributed by atoms with E-state index < -0.39 is 5.97 Å². The van der Waals surface area contributed by atoms with Gasteiger partial charge in [-0.05, 0) is 51.4 Å². The van der Waals surface area contributed by atoms with Crippen LogP contribution in [-0.2, 0) is 14.3 Å². The third kappa shape index (κ3) is 25.1. The number of rotatable bonds is 25. The first-order valence-electron chi connectivity index (χ1n) is 14.2. The highest BCUT2D eigenvalue weighted by Gasteiger charge is 2.13. The zero-order valence-corrected chi connectivity index (χ0v) is 22.0. The van der Waals surface area contributed by atoms with Gasteiger partial charge in [0.15, 0.2) is 0 Å². The molecule has 0 aliphatic carbocycles. The smallest absolute Gasteiger partial charge is 0.306 e. The largest absolute Gasteiger partial charge is 0.481 e. The third-order valence-corrected chi connectivity index (χ3v) is 6.22. The van der Waals surface area contributed by atoms with Crippen molar-refractivity contribution in [1.82, 2.24) is 0 Å². The zero-order valence-electron chi connectivity index (χ0n) is 22.0. The minimum atomic E-state index is -0.692. The fourth-order valence-electron chi connectivity index (χ4n) is 4.16. The van der Waals surface area contributed by atoms with Gasteiger partial charge in [-0.3, -0.25) is 9.59 Å². The lowest BCUT2D eigenvalue weighted by atomic mass is 10.0. The van der Waals surface area contributed by atoms with Gasteiger partial charge in [-0.1, -0.05) is 103 Å². The lowest BCUT2D eigenvalue weighted by molar-refractivity contribution is -0.150. The normalized spacial score (nSPS) is 12.3. The lowest BCUT2D eigenvalue weighted by Crippen LogP contribution is -2.18. The molecule has 33 heavy (non-hydrogen) atoms. The second-order valence-electron chi connectivity index (χ2n) is 9.58. The predicted octanol–water partition coefficient (Wildman–Crippen LogP) is 9.16. The van der Waals surface area contributed by atoms with E-state index in [0.717, 1.165) is 57.8 Å². The molecule has 0 heterocycles. The SMILES string of the molecule is CCCC/C=C\CCCCCCCCC(=O)OC(CCC)CCCCCCCCCC(=O)O. The van der Waals surface area contributed by atoms with E-state index in [0.29, 0.717) is 12.8 Å². The Labute approximate surface area is 204 Å². The highest BCUT2D eigenvalue weighted by molar-refractivity contribution is 5.69. The number of carboxylic acids is 1. The van der Waals surface area contributed by atoms with Crippen molar-refractivity contribution in [3.05, 3.63) is 12.2 Å². The molecule has 0 aromatic heterocycles. The van der Waals surface area contributed by atoms with Crippen LogP contribution in [0.2, 0.25) is 0 Å². The summed E-state index contributed by atoms with van der Waals surface area (Å²) in [6.07, 6.45) is 28.4. The van der Waals surface area contributed by atoms with E-state index in [9.17, 15) is 9.59 Å². The van der Waals surface area contributed by atoms with Crippen LogP contribution in [-0.4, -0.2) is 23.1 Å². The van der Waals surface area contributed by atoms with E-state index in [1.807, 2.05) is 0 Å². The molecule has 0 fully saturated rings. The molecule has 1 unspecified atom stereocenters. The molecule has 4 nitrogen and oxygen atoms in total. The molecule has 1 atom stereocenters. The van der Waals surface area contributed by atoms with E-state index in [-0.39, 0.29) is 12.1 Å². The van der Waals surface area contributed by atoms with Gasteiger partial charge in [0, 0.05) is 12.8 Å². The van der Waals surface area contributed by atoms with Crippen LogP contribution in [0.25, 0.3) is 0 Å². The lowest BCUT2D eigenvalue weighted by Gasteiger charge is -2.17. The van der Waals surface area contributed by atoms with Gasteiger partial charge in [-0.25, -0.2) is 0 Å². The van der Waals surface area contributed by atoms with Crippen LogP contribution in [0.15, 0.2) is 12.2 Å². The quantitative estimate of drug-likeness (QED) is 0.0827. The highest BCUT2D eigenvalue weighted by atomic mass is 16.5. The van der Waals surface area contributed by atoms with Gasteiger partial charge in [-0.15, -0.1) is 0 Å². The van der Waals surface area contributed by atoms with E-state index >= 15 is 0 Å². The second kappa shape index (κ2) is 25.3. The van der Waals surface area contributed by atoms with Gasteiger partial charge in [0.1, 0.15) is 6.10 Å². The first-order valence-corrected chi connectivity index (χ1v) is 14.2. The number of unbranched alkanes of at least 4 members (excludes halogenated alkanes) is 14. The molecule has 0 spiro atoms. The maximum absolute atomic E-state index is 12.2. The number of carboxylic acid groups (broad SMARTS) is 1. The van der Waals surface area contributed by atoms with Crippen molar-refractivity contribution in [2.24, 2.45) is 0 Å². The highest BCUT2D eigenvalue weighted by Crippen LogP contribution is 2.16. The number of hydrogen-bond acceptors (Lipinski definition) is 3. The summed E-state index contributed by atoms with van der Waals surface area (Å²) >= 11 is 0. The molecular formula is C29H54O4. The van der Waals surface area contributed by atoms with Gasteiger partial charge in [0.25, 0.3) is 0 Å². The molecular weight excluding hydrogens is 412 g/mol. The molecule has 194 valence electrons. The number of carbonyl (C=O) groups is 2. The van der Waals surface area contributed by atoms with Crippen molar-refractivity contribution in [3.63, 3.8) is 0 Å².